The Labute approximate surface area is 223 Å². The number of carbonyl (C=O) groups excluding carboxylic acids is 1. The van der Waals surface area contributed by atoms with E-state index >= 15 is 0 Å². The highest BCUT2D eigenvalue weighted by atomic mass is 35.5. The third-order valence-corrected chi connectivity index (χ3v) is 8.86. The number of methoxy groups -OCH3 is 3. The highest BCUT2D eigenvalue weighted by Crippen LogP contribution is 2.43. The second-order valence-electron chi connectivity index (χ2n) is 7.63. The van der Waals surface area contributed by atoms with Gasteiger partial charge in [-0.25, -0.2) is 8.42 Å². The minimum Gasteiger partial charge on any atom is -0.496 e. The standard InChI is InChI=1S/C25H21Cl2NO6S2/c1-32-14-9-21(33-2)16(22(10-14)34-3)12-24-25(29)28-20-8-7-15(11-23(20)35-24)36(30,31)13-17-18(26)5-4-6-19(17)27/h4-12H,13H2,1-3H3,(H,28,29)/b24-12-. The van der Waals surface area contributed by atoms with Crippen LogP contribution in [0.4, 0.5) is 5.69 Å². The van der Waals surface area contributed by atoms with Gasteiger partial charge in [0.2, 0.25) is 0 Å². The number of thioether (sulfide) groups is 1. The summed E-state index contributed by atoms with van der Waals surface area (Å²) in [4.78, 5) is 13.8. The minimum absolute atomic E-state index is 0.0832. The van der Waals surface area contributed by atoms with Crippen molar-refractivity contribution in [2.45, 2.75) is 15.5 Å². The van der Waals surface area contributed by atoms with Crippen LogP contribution in [0.15, 0.2) is 63.2 Å². The molecule has 7 nitrogen and oxygen atoms in total. The van der Waals surface area contributed by atoms with E-state index in [2.05, 4.69) is 5.32 Å². The van der Waals surface area contributed by atoms with Gasteiger partial charge in [-0.1, -0.05) is 41.0 Å². The van der Waals surface area contributed by atoms with Crippen LogP contribution < -0.4 is 19.5 Å². The van der Waals surface area contributed by atoms with Gasteiger partial charge in [0.15, 0.2) is 9.84 Å². The van der Waals surface area contributed by atoms with Crippen molar-refractivity contribution < 1.29 is 27.4 Å². The monoisotopic (exact) mass is 565 g/mol. The third-order valence-electron chi connectivity index (χ3n) is 5.43. The third kappa shape index (κ3) is 5.29. The molecule has 0 spiro atoms. The van der Waals surface area contributed by atoms with E-state index in [0.717, 1.165) is 11.8 Å². The first-order valence-corrected chi connectivity index (χ1v) is 13.7. The number of hydrogen-bond donors (Lipinski definition) is 1. The molecular formula is C25H21Cl2NO6S2. The maximum Gasteiger partial charge on any atom is 0.262 e. The van der Waals surface area contributed by atoms with Crippen LogP contribution in [0.3, 0.4) is 0 Å². The van der Waals surface area contributed by atoms with Crippen LogP contribution in [0.2, 0.25) is 10.0 Å². The number of benzene rings is 3. The van der Waals surface area contributed by atoms with Crippen molar-refractivity contribution in [2.75, 3.05) is 26.6 Å². The number of rotatable bonds is 7. The van der Waals surface area contributed by atoms with Crippen LogP contribution in [-0.4, -0.2) is 35.7 Å². The maximum atomic E-state index is 13.2. The fraction of sp³-hybridized carbons (Fsp3) is 0.160. The van der Waals surface area contributed by atoms with Crippen molar-refractivity contribution in [3.05, 3.63) is 74.6 Å². The zero-order valence-corrected chi connectivity index (χ0v) is 22.6. The lowest BCUT2D eigenvalue weighted by molar-refractivity contribution is -0.112. The number of carbonyl (C=O) groups is 1. The maximum absolute atomic E-state index is 13.2. The molecule has 0 saturated carbocycles. The van der Waals surface area contributed by atoms with Gasteiger partial charge in [0, 0.05) is 32.6 Å². The molecule has 0 aromatic heterocycles. The van der Waals surface area contributed by atoms with Gasteiger partial charge in [-0.15, -0.1) is 0 Å². The molecule has 1 aliphatic rings. The molecule has 3 aromatic carbocycles. The SMILES string of the molecule is COc1cc(OC)c(/C=C2\Sc3cc(S(=O)(=O)Cc4c(Cl)cccc4Cl)ccc3NC2=O)c(OC)c1. The molecule has 0 radical (unpaired) electrons. The van der Waals surface area contributed by atoms with E-state index < -0.39 is 9.84 Å². The van der Waals surface area contributed by atoms with Crippen LogP contribution in [-0.2, 0) is 20.4 Å². The van der Waals surface area contributed by atoms with Crippen molar-refractivity contribution in [1.29, 1.82) is 0 Å². The first-order chi connectivity index (χ1) is 17.2. The Balaban J connectivity index is 1.71. The molecule has 1 N–H and O–H groups in total. The van der Waals surface area contributed by atoms with Crippen LogP contribution in [0, 0.1) is 0 Å². The van der Waals surface area contributed by atoms with Gasteiger partial charge in [0.05, 0.1) is 48.1 Å². The summed E-state index contributed by atoms with van der Waals surface area (Å²) < 4.78 is 42.6. The molecule has 0 fully saturated rings. The Morgan fingerprint density at radius 2 is 1.58 bits per heavy atom. The number of nitrogens with one attached hydrogen (secondary N) is 1. The summed E-state index contributed by atoms with van der Waals surface area (Å²) in [6.07, 6.45) is 1.63. The first kappa shape index (κ1) is 26.2. The molecular weight excluding hydrogens is 545 g/mol. The topological polar surface area (TPSA) is 90.9 Å². The van der Waals surface area contributed by atoms with E-state index in [1.54, 1.807) is 42.5 Å². The second-order valence-corrected chi connectivity index (χ2v) is 11.5. The second kappa shape index (κ2) is 10.6. The Kier molecular flexibility index (Phi) is 7.75. The summed E-state index contributed by atoms with van der Waals surface area (Å²) in [5, 5.41) is 3.36. The Bertz CT molecular complexity index is 1440. The summed E-state index contributed by atoms with van der Waals surface area (Å²) in [5.41, 5.74) is 1.38. The van der Waals surface area contributed by atoms with Gasteiger partial charge >= 0.3 is 0 Å². The molecule has 0 aliphatic carbocycles. The smallest absolute Gasteiger partial charge is 0.262 e. The van der Waals surface area contributed by atoms with E-state index in [1.807, 2.05) is 0 Å². The minimum atomic E-state index is -3.78. The van der Waals surface area contributed by atoms with Gasteiger partial charge in [0.25, 0.3) is 5.91 Å². The lowest BCUT2D eigenvalue weighted by Gasteiger charge is -2.20. The summed E-state index contributed by atoms with van der Waals surface area (Å²) in [5.74, 6) is 0.734. The number of fused-ring (bicyclic) bond motifs is 1. The quantitative estimate of drug-likeness (QED) is 0.347. The van der Waals surface area contributed by atoms with Crippen molar-refractivity contribution in [3.8, 4) is 17.2 Å². The molecule has 1 heterocycles. The van der Waals surface area contributed by atoms with Gasteiger partial charge in [-0.3, -0.25) is 4.79 Å². The fourth-order valence-corrected chi connectivity index (χ4v) is 6.74. The molecule has 1 amide bonds. The van der Waals surface area contributed by atoms with Gasteiger partial charge in [0.1, 0.15) is 17.2 Å². The van der Waals surface area contributed by atoms with Crippen LogP contribution in [0.25, 0.3) is 6.08 Å². The molecule has 11 heteroatoms. The molecule has 4 rings (SSSR count). The predicted octanol–water partition coefficient (Wildman–Crippen LogP) is 6.08. The number of amides is 1. The predicted molar refractivity (Wildman–Crippen MR) is 142 cm³/mol. The van der Waals surface area contributed by atoms with E-state index in [0.29, 0.717) is 43.9 Å². The van der Waals surface area contributed by atoms with E-state index in [-0.39, 0.29) is 26.6 Å². The first-order valence-electron chi connectivity index (χ1n) is 10.5. The van der Waals surface area contributed by atoms with Crippen LogP contribution >= 0.6 is 35.0 Å². The number of halogens is 2. The molecule has 0 atom stereocenters. The average Bonchev–Trinajstić information content (AvgIpc) is 2.86. The largest absolute Gasteiger partial charge is 0.496 e. The van der Waals surface area contributed by atoms with E-state index in [1.165, 1.54) is 33.5 Å². The molecule has 0 saturated heterocycles. The summed E-state index contributed by atoms with van der Waals surface area (Å²) >= 11 is 13.5. The summed E-state index contributed by atoms with van der Waals surface area (Å²) in [7, 11) is 0.752. The fourth-order valence-electron chi connectivity index (χ4n) is 3.58. The number of anilines is 1. The molecule has 1 aliphatic heterocycles. The molecule has 3 aromatic rings. The van der Waals surface area contributed by atoms with Gasteiger partial charge < -0.3 is 19.5 Å². The van der Waals surface area contributed by atoms with E-state index in [9.17, 15) is 13.2 Å². The van der Waals surface area contributed by atoms with Crippen LogP contribution in [0.5, 0.6) is 17.2 Å². The zero-order valence-electron chi connectivity index (χ0n) is 19.4. The molecule has 188 valence electrons. The zero-order chi connectivity index (χ0) is 26.0. The normalized spacial score (nSPS) is 14.2. The molecule has 36 heavy (non-hydrogen) atoms. The van der Waals surface area contributed by atoms with Gasteiger partial charge in [-0.05, 0) is 36.4 Å². The Morgan fingerprint density at radius 3 is 2.17 bits per heavy atom. The highest BCUT2D eigenvalue weighted by Gasteiger charge is 2.26. The Hall–Kier alpha value is -2.85. The molecule has 0 bridgehead atoms. The highest BCUT2D eigenvalue weighted by molar-refractivity contribution is 8.04. The average molecular weight is 566 g/mol. The Morgan fingerprint density at radius 1 is 0.944 bits per heavy atom. The number of hydrogen-bond acceptors (Lipinski definition) is 7. The van der Waals surface area contributed by atoms with Crippen molar-refractivity contribution in [3.63, 3.8) is 0 Å². The molecule has 0 unspecified atom stereocenters. The van der Waals surface area contributed by atoms with Crippen LogP contribution in [0.1, 0.15) is 11.1 Å². The van der Waals surface area contributed by atoms with Crippen molar-refractivity contribution >= 4 is 62.5 Å². The summed E-state index contributed by atoms with van der Waals surface area (Å²) in [6, 6.07) is 12.7. The van der Waals surface area contributed by atoms with Crippen molar-refractivity contribution in [2.24, 2.45) is 0 Å². The summed E-state index contributed by atoms with van der Waals surface area (Å²) in [6.45, 7) is 0. The lowest BCUT2D eigenvalue weighted by atomic mass is 10.1. The van der Waals surface area contributed by atoms with E-state index in [4.69, 9.17) is 37.4 Å². The lowest BCUT2D eigenvalue weighted by Crippen LogP contribution is -2.18. The van der Waals surface area contributed by atoms with Crippen molar-refractivity contribution in [1.82, 2.24) is 0 Å². The number of sulfone groups is 1. The van der Waals surface area contributed by atoms with Gasteiger partial charge in [-0.2, -0.15) is 0 Å². The number of ether oxygens (including phenoxy) is 3.